The molecule has 156 valence electrons. The number of nitrogens with one attached hydrogen (secondary N) is 1. The highest BCUT2D eigenvalue weighted by molar-refractivity contribution is 5.86. The second kappa shape index (κ2) is 10.9. The number of ether oxygens (including phenoxy) is 1. The Labute approximate surface area is 165 Å². The Morgan fingerprint density at radius 2 is 2.07 bits per heavy atom. The number of quaternary nitrogens is 1. The van der Waals surface area contributed by atoms with Gasteiger partial charge in [0, 0.05) is 31.7 Å². The maximum Gasteiger partial charge on any atom is 0.242 e. The number of carboxylic acids is 1. The maximum atomic E-state index is 12.7. The van der Waals surface area contributed by atoms with Crippen molar-refractivity contribution in [1.82, 2.24) is 15.3 Å². The summed E-state index contributed by atoms with van der Waals surface area (Å²) in [5, 5.41) is 11.9. The normalized spacial score (nSPS) is 23.4. The topological polar surface area (TPSA) is 135 Å². The van der Waals surface area contributed by atoms with Crippen LogP contribution >= 0.6 is 0 Å². The molecule has 1 amide bonds. The van der Waals surface area contributed by atoms with Gasteiger partial charge in [-0.2, -0.15) is 0 Å². The summed E-state index contributed by atoms with van der Waals surface area (Å²) in [6, 6.07) is 2.24. The smallest absolute Gasteiger partial charge is 0.242 e. The number of carboxylic acid groups (broad SMARTS) is 1. The fourth-order valence-electron chi connectivity index (χ4n) is 4.08. The van der Waals surface area contributed by atoms with Gasteiger partial charge in [0.2, 0.25) is 5.91 Å². The zero-order valence-electron chi connectivity index (χ0n) is 16.7. The van der Waals surface area contributed by atoms with Crippen LogP contribution in [0.15, 0.2) is 12.4 Å². The van der Waals surface area contributed by atoms with E-state index in [2.05, 4.69) is 25.9 Å². The molecule has 1 aliphatic heterocycles. The summed E-state index contributed by atoms with van der Waals surface area (Å²) in [7, 11) is 1.64. The Balaban J connectivity index is 0.000000640. The predicted octanol–water partition coefficient (Wildman–Crippen LogP) is -1.13. The van der Waals surface area contributed by atoms with Crippen molar-refractivity contribution < 1.29 is 25.2 Å². The number of rotatable bonds is 6. The lowest BCUT2D eigenvalue weighted by Crippen LogP contribution is -2.49. The van der Waals surface area contributed by atoms with E-state index in [-0.39, 0.29) is 11.9 Å². The van der Waals surface area contributed by atoms with Crippen LogP contribution in [0.2, 0.25) is 0 Å². The van der Waals surface area contributed by atoms with Crippen LogP contribution in [0.25, 0.3) is 0 Å². The van der Waals surface area contributed by atoms with Gasteiger partial charge in [-0.1, -0.05) is 12.8 Å². The largest absolute Gasteiger partial charge is 0.550 e. The van der Waals surface area contributed by atoms with Crippen molar-refractivity contribution in [2.45, 2.75) is 57.7 Å². The number of methoxy groups -OCH3 is 1. The van der Waals surface area contributed by atoms with Gasteiger partial charge in [-0.25, -0.2) is 9.97 Å². The molecule has 2 fully saturated rings. The summed E-state index contributed by atoms with van der Waals surface area (Å²) in [6.45, 7) is 2.68. The monoisotopic (exact) mass is 393 g/mol. The Morgan fingerprint density at radius 1 is 1.36 bits per heavy atom. The summed E-state index contributed by atoms with van der Waals surface area (Å²) < 4.78 is 5.04. The van der Waals surface area contributed by atoms with Crippen LogP contribution in [-0.4, -0.2) is 54.2 Å². The Bertz CT molecular complexity index is 653. The zero-order valence-corrected chi connectivity index (χ0v) is 16.7. The minimum Gasteiger partial charge on any atom is -0.550 e. The fraction of sp³-hybridized carbons (Fsp3) is 0.684. The second-order valence-electron chi connectivity index (χ2n) is 7.16. The van der Waals surface area contributed by atoms with E-state index in [1.165, 1.54) is 19.3 Å². The molecule has 4 N–H and O–H groups in total. The van der Waals surface area contributed by atoms with E-state index in [4.69, 9.17) is 14.6 Å². The second-order valence-corrected chi connectivity index (χ2v) is 7.16. The molecular weight excluding hydrogens is 362 g/mol. The van der Waals surface area contributed by atoms with Crippen molar-refractivity contribution in [3.63, 3.8) is 0 Å². The molecule has 9 heteroatoms. The van der Waals surface area contributed by atoms with Crippen molar-refractivity contribution in [3.05, 3.63) is 18.1 Å². The Kier molecular flexibility index (Phi) is 8.59. The Morgan fingerprint density at radius 3 is 2.75 bits per heavy atom. The standard InChI is InChI=1S/C17H27N5O2.C2H4O2/c1-24-7-6-19-17(23)15-8-12-4-2-3-5-14(12)22(15)16-9-13(10-18)20-11-21-16;1-2(3)4/h9,11-12,14-15H,2-8,10,18H2,1H3,(H,19,23);1H3,(H,3,4)/t12-,14-,15-;/m0./s1. The van der Waals surface area contributed by atoms with Gasteiger partial charge in [-0.15, -0.1) is 0 Å². The SMILES string of the molecule is CC(=O)[O-].COCCNC(=O)[C@@H]1C[C@@H]2CCCC[C@@H]2N1c1cc(C[NH3+])ncn1. The number of aliphatic carboxylic acids is 1. The highest BCUT2D eigenvalue weighted by atomic mass is 16.5. The third kappa shape index (κ3) is 5.87. The maximum absolute atomic E-state index is 12.7. The van der Waals surface area contributed by atoms with Crippen LogP contribution in [0.3, 0.4) is 0 Å². The van der Waals surface area contributed by atoms with Crippen molar-refractivity contribution in [2.75, 3.05) is 25.2 Å². The number of carbonyl (C=O) groups is 2. The minimum absolute atomic E-state index is 0.0798. The summed E-state index contributed by atoms with van der Waals surface area (Å²) >= 11 is 0. The zero-order chi connectivity index (χ0) is 20.5. The van der Waals surface area contributed by atoms with E-state index in [9.17, 15) is 4.79 Å². The minimum atomic E-state index is -1.08. The van der Waals surface area contributed by atoms with E-state index < -0.39 is 5.97 Å². The first-order chi connectivity index (χ1) is 13.5. The molecule has 3 rings (SSSR count). The molecule has 1 aromatic rings. The predicted molar refractivity (Wildman–Crippen MR) is 101 cm³/mol. The van der Waals surface area contributed by atoms with Gasteiger partial charge in [0.1, 0.15) is 24.7 Å². The summed E-state index contributed by atoms with van der Waals surface area (Å²) in [5.41, 5.74) is 4.82. The number of carbonyl (C=O) groups excluding carboxylic acids is 2. The summed E-state index contributed by atoms with van der Waals surface area (Å²) in [6.07, 6.45) is 7.33. The quantitative estimate of drug-likeness (QED) is 0.584. The Hall–Kier alpha value is -2.26. The van der Waals surface area contributed by atoms with Crippen molar-refractivity contribution >= 4 is 17.7 Å². The van der Waals surface area contributed by atoms with E-state index in [0.717, 1.165) is 31.3 Å². The van der Waals surface area contributed by atoms with Gasteiger partial charge in [0.05, 0.1) is 12.3 Å². The molecule has 1 aliphatic carbocycles. The molecule has 28 heavy (non-hydrogen) atoms. The van der Waals surface area contributed by atoms with E-state index in [0.29, 0.717) is 31.7 Å². The number of hydrogen-bond acceptors (Lipinski definition) is 7. The average Bonchev–Trinajstić information content (AvgIpc) is 3.07. The van der Waals surface area contributed by atoms with Gasteiger partial charge >= 0.3 is 0 Å². The molecule has 0 spiro atoms. The first-order valence-electron chi connectivity index (χ1n) is 9.80. The number of hydrogen-bond donors (Lipinski definition) is 2. The summed E-state index contributed by atoms with van der Waals surface area (Å²) in [4.78, 5) is 32.6. The molecule has 0 bridgehead atoms. The van der Waals surface area contributed by atoms with Gasteiger partial charge in [0.25, 0.3) is 0 Å². The molecule has 1 saturated carbocycles. The first kappa shape index (κ1) is 22.0. The van der Waals surface area contributed by atoms with Crippen LogP contribution in [0.4, 0.5) is 5.82 Å². The van der Waals surface area contributed by atoms with E-state index in [1.807, 2.05) is 6.07 Å². The molecular formula is C19H31N5O4. The molecule has 0 unspecified atom stereocenters. The van der Waals surface area contributed by atoms with Gasteiger partial charge in [0.15, 0.2) is 0 Å². The molecule has 3 atom stereocenters. The van der Waals surface area contributed by atoms with E-state index >= 15 is 0 Å². The lowest BCUT2D eigenvalue weighted by Gasteiger charge is -2.34. The molecule has 1 aromatic heterocycles. The van der Waals surface area contributed by atoms with Crippen molar-refractivity contribution in [2.24, 2.45) is 5.92 Å². The van der Waals surface area contributed by atoms with Gasteiger partial charge < -0.3 is 30.6 Å². The lowest BCUT2D eigenvalue weighted by molar-refractivity contribution is -0.387. The van der Waals surface area contributed by atoms with Crippen molar-refractivity contribution in [1.29, 1.82) is 0 Å². The lowest BCUT2D eigenvalue weighted by atomic mass is 9.84. The first-order valence-corrected chi connectivity index (χ1v) is 9.80. The molecule has 1 saturated heterocycles. The highest BCUT2D eigenvalue weighted by Gasteiger charge is 2.45. The average molecular weight is 393 g/mol. The van der Waals surface area contributed by atoms with E-state index in [1.54, 1.807) is 13.4 Å². The molecule has 9 nitrogen and oxygen atoms in total. The number of aromatic nitrogens is 2. The number of amides is 1. The molecule has 0 radical (unpaired) electrons. The van der Waals surface area contributed by atoms with Gasteiger partial charge in [-0.05, 0) is 32.1 Å². The molecule has 2 heterocycles. The fourth-order valence-corrected chi connectivity index (χ4v) is 4.08. The number of anilines is 1. The number of fused-ring (bicyclic) bond motifs is 1. The highest BCUT2D eigenvalue weighted by Crippen LogP contribution is 2.41. The van der Waals surface area contributed by atoms with Crippen LogP contribution in [-0.2, 0) is 20.9 Å². The van der Waals surface area contributed by atoms with Crippen LogP contribution < -0.4 is 21.1 Å². The molecule has 0 aromatic carbocycles. The molecule has 2 aliphatic rings. The third-order valence-electron chi connectivity index (χ3n) is 5.23. The number of nitrogens with zero attached hydrogens (tertiary/aromatic N) is 3. The summed E-state index contributed by atoms with van der Waals surface area (Å²) in [5.74, 6) is 0.441. The van der Waals surface area contributed by atoms with Crippen molar-refractivity contribution in [3.8, 4) is 0 Å². The third-order valence-corrected chi connectivity index (χ3v) is 5.23. The van der Waals surface area contributed by atoms with Crippen LogP contribution in [0.5, 0.6) is 0 Å². The van der Waals surface area contributed by atoms with Crippen LogP contribution in [0, 0.1) is 5.92 Å². The van der Waals surface area contributed by atoms with Gasteiger partial charge in [-0.3, -0.25) is 4.79 Å². The van der Waals surface area contributed by atoms with Crippen LogP contribution in [0.1, 0.15) is 44.7 Å².